The van der Waals surface area contributed by atoms with Crippen molar-refractivity contribution >= 4 is 22.6 Å². The van der Waals surface area contributed by atoms with Crippen molar-refractivity contribution < 1.29 is 13.9 Å². The van der Waals surface area contributed by atoms with E-state index in [4.69, 9.17) is 25.5 Å². The first-order valence-corrected chi connectivity index (χ1v) is 5.90. The fourth-order valence-electron chi connectivity index (χ4n) is 1.92. The largest absolute Gasteiger partial charge is 0.493 e. The minimum Gasteiger partial charge on any atom is -0.493 e. The van der Waals surface area contributed by atoms with Crippen molar-refractivity contribution in [2.24, 2.45) is 0 Å². The van der Waals surface area contributed by atoms with Crippen LogP contribution in [0, 0.1) is 6.92 Å². The zero-order valence-corrected chi connectivity index (χ0v) is 11.1. The van der Waals surface area contributed by atoms with Crippen LogP contribution in [0.25, 0.3) is 11.0 Å². The number of alkyl halides is 1. The molecule has 0 aliphatic heterocycles. The number of hydrogen-bond acceptors (Lipinski definition) is 4. The second-order valence-electron chi connectivity index (χ2n) is 3.80. The molecule has 0 fully saturated rings. The van der Waals surface area contributed by atoms with Gasteiger partial charge in [-0.05, 0) is 24.6 Å². The average molecular weight is 269 g/mol. The van der Waals surface area contributed by atoms with Gasteiger partial charge in [0, 0.05) is 5.39 Å². The predicted octanol–water partition coefficient (Wildman–Crippen LogP) is 2.86. The molecule has 0 unspecified atom stereocenters. The Kier molecular flexibility index (Phi) is 3.48. The van der Waals surface area contributed by atoms with E-state index in [0.717, 1.165) is 10.9 Å². The first kappa shape index (κ1) is 12.8. The molecule has 2 aromatic rings. The molecule has 0 saturated heterocycles. The summed E-state index contributed by atoms with van der Waals surface area (Å²) in [5.74, 6) is 1.06. The normalized spacial score (nSPS) is 10.7. The predicted molar refractivity (Wildman–Crippen MR) is 69.9 cm³/mol. The van der Waals surface area contributed by atoms with Crippen molar-refractivity contribution in [2.45, 2.75) is 12.8 Å². The lowest BCUT2D eigenvalue weighted by Crippen LogP contribution is -2.09. The molecule has 0 aliphatic carbocycles. The zero-order chi connectivity index (χ0) is 13.3. The molecule has 5 heteroatoms. The van der Waals surface area contributed by atoms with Gasteiger partial charge in [-0.15, -0.1) is 11.6 Å². The van der Waals surface area contributed by atoms with Gasteiger partial charge in [-0.25, -0.2) is 4.79 Å². The quantitative estimate of drug-likeness (QED) is 0.634. The van der Waals surface area contributed by atoms with Crippen LogP contribution < -0.4 is 15.1 Å². The van der Waals surface area contributed by atoms with Crippen LogP contribution >= 0.6 is 11.6 Å². The molecule has 4 nitrogen and oxygen atoms in total. The van der Waals surface area contributed by atoms with Crippen molar-refractivity contribution in [3.8, 4) is 11.5 Å². The van der Waals surface area contributed by atoms with E-state index in [-0.39, 0.29) is 5.88 Å². The van der Waals surface area contributed by atoms with Gasteiger partial charge in [0.05, 0.1) is 25.7 Å². The maximum atomic E-state index is 11.8. The molecule has 0 bridgehead atoms. The minimum atomic E-state index is -0.443. The lowest BCUT2D eigenvalue weighted by atomic mass is 10.1. The summed E-state index contributed by atoms with van der Waals surface area (Å²) < 4.78 is 15.7. The standard InChI is InChI=1S/C13H13ClO4/c1-7-8-4-5-10(16-2)12(17-3)11(8)18-13(15)9(7)6-14/h4-5H,6H2,1-3H3. The van der Waals surface area contributed by atoms with Crippen LogP contribution in [0.3, 0.4) is 0 Å². The van der Waals surface area contributed by atoms with Gasteiger partial charge < -0.3 is 13.9 Å². The number of aryl methyl sites for hydroxylation is 1. The summed E-state index contributed by atoms with van der Waals surface area (Å²) in [6.45, 7) is 1.84. The van der Waals surface area contributed by atoms with Crippen LogP contribution in [-0.4, -0.2) is 14.2 Å². The summed E-state index contributed by atoms with van der Waals surface area (Å²) in [6.07, 6.45) is 0. The van der Waals surface area contributed by atoms with E-state index >= 15 is 0 Å². The van der Waals surface area contributed by atoms with E-state index in [1.54, 1.807) is 6.07 Å². The highest BCUT2D eigenvalue weighted by Gasteiger charge is 2.16. The highest BCUT2D eigenvalue weighted by Crippen LogP contribution is 2.36. The summed E-state index contributed by atoms with van der Waals surface area (Å²) >= 11 is 5.75. The molecule has 0 N–H and O–H groups in total. The number of benzene rings is 1. The fourth-order valence-corrected chi connectivity index (χ4v) is 2.23. The maximum absolute atomic E-state index is 11.8. The van der Waals surface area contributed by atoms with Crippen molar-refractivity contribution in [3.63, 3.8) is 0 Å². The third kappa shape index (κ3) is 1.82. The molecular formula is C13H13ClO4. The van der Waals surface area contributed by atoms with Crippen molar-refractivity contribution in [1.29, 1.82) is 0 Å². The number of methoxy groups -OCH3 is 2. The lowest BCUT2D eigenvalue weighted by molar-refractivity contribution is 0.351. The molecule has 0 amide bonds. The van der Waals surface area contributed by atoms with Crippen LogP contribution in [0.1, 0.15) is 11.1 Å². The van der Waals surface area contributed by atoms with Gasteiger partial charge in [-0.1, -0.05) is 0 Å². The molecule has 0 atom stereocenters. The molecule has 18 heavy (non-hydrogen) atoms. The van der Waals surface area contributed by atoms with Gasteiger partial charge in [-0.2, -0.15) is 0 Å². The Morgan fingerprint density at radius 1 is 1.28 bits per heavy atom. The number of hydrogen-bond donors (Lipinski definition) is 0. The van der Waals surface area contributed by atoms with Crippen molar-refractivity contribution in [1.82, 2.24) is 0 Å². The van der Waals surface area contributed by atoms with Gasteiger partial charge in [0.2, 0.25) is 5.75 Å². The molecule has 1 aromatic carbocycles. The zero-order valence-electron chi connectivity index (χ0n) is 10.4. The number of fused-ring (bicyclic) bond motifs is 1. The Bertz CT molecular complexity index is 645. The SMILES string of the molecule is COc1ccc2c(C)c(CCl)c(=O)oc2c1OC. The topological polar surface area (TPSA) is 48.7 Å². The van der Waals surface area contributed by atoms with Crippen LogP contribution in [0.5, 0.6) is 11.5 Å². The Morgan fingerprint density at radius 2 is 2.00 bits per heavy atom. The smallest absolute Gasteiger partial charge is 0.341 e. The van der Waals surface area contributed by atoms with Gasteiger partial charge in [0.1, 0.15) is 0 Å². The first-order chi connectivity index (χ1) is 8.63. The number of ether oxygens (including phenoxy) is 2. The van der Waals surface area contributed by atoms with Gasteiger partial charge in [0.15, 0.2) is 11.3 Å². The Labute approximate surface area is 109 Å². The molecule has 0 radical (unpaired) electrons. The fraction of sp³-hybridized carbons (Fsp3) is 0.308. The second kappa shape index (κ2) is 4.90. The van der Waals surface area contributed by atoms with Crippen LogP contribution in [0.4, 0.5) is 0 Å². The molecule has 0 aliphatic rings. The first-order valence-electron chi connectivity index (χ1n) is 5.37. The van der Waals surface area contributed by atoms with E-state index in [2.05, 4.69) is 0 Å². The van der Waals surface area contributed by atoms with Crippen molar-refractivity contribution in [3.05, 3.63) is 33.7 Å². The molecule has 0 saturated carbocycles. The molecule has 0 spiro atoms. The lowest BCUT2D eigenvalue weighted by Gasteiger charge is -2.11. The number of halogens is 1. The minimum absolute atomic E-state index is 0.123. The average Bonchev–Trinajstić information content (AvgIpc) is 2.37. The Balaban J connectivity index is 2.92. The Hall–Kier alpha value is -1.68. The molecule has 2 rings (SSSR count). The van der Waals surface area contributed by atoms with E-state index in [1.165, 1.54) is 14.2 Å². The third-order valence-electron chi connectivity index (χ3n) is 2.93. The van der Waals surface area contributed by atoms with Crippen LogP contribution in [0.2, 0.25) is 0 Å². The maximum Gasteiger partial charge on any atom is 0.341 e. The van der Waals surface area contributed by atoms with Gasteiger partial charge in [0.25, 0.3) is 0 Å². The summed E-state index contributed by atoms with van der Waals surface area (Å²) in [6, 6.07) is 3.59. The van der Waals surface area contributed by atoms with Crippen LogP contribution in [-0.2, 0) is 5.88 Å². The molecule has 96 valence electrons. The summed E-state index contributed by atoms with van der Waals surface area (Å²) in [4.78, 5) is 11.8. The number of rotatable bonds is 3. The molecular weight excluding hydrogens is 256 g/mol. The van der Waals surface area contributed by atoms with E-state index in [0.29, 0.717) is 22.6 Å². The van der Waals surface area contributed by atoms with E-state index in [1.807, 2.05) is 13.0 Å². The second-order valence-corrected chi connectivity index (χ2v) is 4.07. The third-order valence-corrected chi connectivity index (χ3v) is 3.20. The molecule has 1 heterocycles. The van der Waals surface area contributed by atoms with E-state index in [9.17, 15) is 4.79 Å². The summed E-state index contributed by atoms with van der Waals surface area (Å²) in [5, 5.41) is 0.794. The highest BCUT2D eigenvalue weighted by atomic mass is 35.5. The highest BCUT2D eigenvalue weighted by molar-refractivity contribution is 6.17. The summed E-state index contributed by atoms with van der Waals surface area (Å²) in [7, 11) is 3.03. The van der Waals surface area contributed by atoms with Crippen LogP contribution in [0.15, 0.2) is 21.3 Å². The van der Waals surface area contributed by atoms with Gasteiger partial charge in [-0.3, -0.25) is 0 Å². The van der Waals surface area contributed by atoms with Crippen molar-refractivity contribution in [2.75, 3.05) is 14.2 Å². The van der Waals surface area contributed by atoms with Gasteiger partial charge >= 0.3 is 5.63 Å². The molecule has 1 aromatic heterocycles. The monoisotopic (exact) mass is 268 g/mol. The Morgan fingerprint density at radius 3 is 2.56 bits per heavy atom. The summed E-state index contributed by atoms with van der Waals surface area (Å²) in [5.41, 5.74) is 1.21. The van der Waals surface area contributed by atoms with E-state index < -0.39 is 5.63 Å².